The number of thioether (sulfide) groups is 1. The number of nitrogens with zero attached hydrogens (tertiary/aromatic N) is 4. The highest BCUT2D eigenvalue weighted by atomic mass is 32.2. The summed E-state index contributed by atoms with van der Waals surface area (Å²) >= 11 is 1.66. The smallest absolute Gasteiger partial charge is 0.262 e. The van der Waals surface area contributed by atoms with Gasteiger partial charge in [-0.15, -0.1) is 10.2 Å². The van der Waals surface area contributed by atoms with E-state index in [0.717, 1.165) is 28.9 Å². The zero-order valence-electron chi connectivity index (χ0n) is 13.1. The van der Waals surface area contributed by atoms with E-state index >= 15 is 0 Å². The van der Waals surface area contributed by atoms with Crippen LogP contribution in [-0.2, 0) is 6.54 Å². The molecule has 3 aromatic rings. The number of fused-ring (bicyclic) bond motifs is 3. The number of rotatable bonds is 5. The molecule has 0 radical (unpaired) electrons. The van der Waals surface area contributed by atoms with Crippen molar-refractivity contribution >= 4 is 28.4 Å². The van der Waals surface area contributed by atoms with Gasteiger partial charge in [-0.05, 0) is 18.6 Å². The molecule has 0 aliphatic carbocycles. The van der Waals surface area contributed by atoms with Gasteiger partial charge in [0.05, 0.1) is 10.9 Å². The quantitative estimate of drug-likeness (QED) is 0.677. The molecule has 0 fully saturated rings. The summed E-state index contributed by atoms with van der Waals surface area (Å²) in [7, 11) is 0. The second kappa shape index (κ2) is 6.12. The second-order valence-corrected chi connectivity index (χ2v) is 7.16. The van der Waals surface area contributed by atoms with Gasteiger partial charge in [-0.25, -0.2) is 0 Å². The zero-order chi connectivity index (χ0) is 15.7. The first-order valence-corrected chi connectivity index (χ1v) is 8.54. The minimum Gasteiger partial charge on any atom is -0.276 e. The van der Waals surface area contributed by atoms with E-state index in [9.17, 15) is 4.79 Å². The Kier molecular flexibility index (Phi) is 4.20. The van der Waals surface area contributed by atoms with E-state index < -0.39 is 0 Å². The van der Waals surface area contributed by atoms with Crippen LogP contribution in [0.4, 0.5) is 0 Å². The van der Waals surface area contributed by atoms with Crippen molar-refractivity contribution < 1.29 is 0 Å². The van der Waals surface area contributed by atoms with Crippen molar-refractivity contribution in [3.63, 3.8) is 0 Å². The molecule has 1 aromatic carbocycles. The molecule has 0 saturated heterocycles. The van der Waals surface area contributed by atoms with Gasteiger partial charge in [0.2, 0.25) is 5.78 Å². The number of benzene rings is 1. The lowest BCUT2D eigenvalue weighted by Crippen LogP contribution is -2.23. The molecular weight excluding hydrogens is 296 g/mol. The van der Waals surface area contributed by atoms with Crippen LogP contribution in [0.2, 0.25) is 0 Å². The zero-order valence-corrected chi connectivity index (χ0v) is 13.9. The SMILES string of the molecule is CCCCn1c(=O)c2ccccc2n2c(SC(C)C)nnc12. The van der Waals surface area contributed by atoms with Crippen LogP contribution in [0.5, 0.6) is 0 Å². The summed E-state index contributed by atoms with van der Waals surface area (Å²) in [5.41, 5.74) is 0.897. The number of para-hydroxylation sites is 1. The van der Waals surface area contributed by atoms with E-state index in [4.69, 9.17) is 0 Å². The molecule has 0 aliphatic heterocycles. The minimum atomic E-state index is 0.0186. The molecule has 116 valence electrons. The Morgan fingerprint density at radius 1 is 1.23 bits per heavy atom. The molecule has 0 aliphatic rings. The van der Waals surface area contributed by atoms with Crippen LogP contribution in [0.1, 0.15) is 33.6 Å². The van der Waals surface area contributed by atoms with Crippen molar-refractivity contribution in [3.8, 4) is 0 Å². The van der Waals surface area contributed by atoms with Gasteiger partial charge >= 0.3 is 0 Å². The maximum Gasteiger partial charge on any atom is 0.262 e. The van der Waals surface area contributed by atoms with Crippen molar-refractivity contribution in [1.29, 1.82) is 0 Å². The van der Waals surface area contributed by atoms with E-state index in [-0.39, 0.29) is 5.56 Å². The van der Waals surface area contributed by atoms with Gasteiger partial charge in [-0.3, -0.25) is 13.8 Å². The molecule has 0 bridgehead atoms. The summed E-state index contributed by atoms with van der Waals surface area (Å²) < 4.78 is 3.76. The highest BCUT2D eigenvalue weighted by Gasteiger charge is 2.16. The Morgan fingerprint density at radius 3 is 2.73 bits per heavy atom. The van der Waals surface area contributed by atoms with E-state index in [1.54, 1.807) is 16.3 Å². The maximum atomic E-state index is 12.8. The van der Waals surface area contributed by atoms with Gasteiger partial charge in [0, 0.05) is 11.8 Å². The number of unbranched alkanes of at least 4 members (excludes halogenated alkanes) is 1. The number of hydrogen-bond donors (Lipinski definition) is 0. The van der Waals surface area contributed by atoms with Gasteiger partial charge in [-0.2, -0.15) is 0 Å². The van der Waals surface area contributed by atoms with E-state index in [0.29, 0.717) is 17.6 Å². The Hall–Kier alpha value is -1.82. The fourth-order valence-corrected chi connectivity index (χ4v) is 3.33. The van der Waals surface area contributed by atoms with E-state index in [2.05, 4.69) is 31.0 Å². The summed E-state index contributed by atoms with van der Waals surface area (Å²) in [6, 6.07) is 7.69. The third kappa shape index (κ3) is 2.52. The van der Waals surface area contributed by atoms with Gasteiger partial charge < -0.3 is 0 Å². The number of hydrogen-bond acceptors (Lipinski definition) is 4. The first kappa shape index (κ1) is 15.1. The average Bonchev–Trinajstić information content (AvgIpc) is 2.90. The molecular formula is C16H20N4OS. The van der Waals surface area contributed by atoms with Crippen LogP contribution in [0, 0.1) is 0 Å². The Bertz CT molecular complexity index is 866. The lowest BCUT2D eigenvalue weighted by Gasteiger charge is -2.11. The molecule has 6 heteroatoms. The van der Waals surface area contributed by atoms with E-state index in [1.165, 1.54) is 0 Å². The summed E-state index contributed by atoms with van der Waals surface area (Å²) in [6.07, 6.45) is 1.99. The third-order valence-corrected chi connectivity index (χ3v) is 4.50. The minimum absolute atomic E-state index is 0.0186. The molecule has 0 atom stereocenters. The Balaban J connectivity index is 2.36. The van der Waals surface area contributed by atoms with Crippen molar-refractivity contribution in [2.75, 3.05) is 0 Å². The average molecular weight is 316 g/mol. The predicted molar refractivity (Wildman–Crippen MR) is 90.7 cm³/mol. The van der Waals surface area contributed by atoms with Crippen LogP contribution in [0.25, 0.3) is 16.7 Å². The summed E-state index contributed by atoms with van der Waals surface area (Å²) in [4.78, 5) is 12.8. The molecule has 3 rings (SSSR count). The fourth-order valence-electron chi connectivity index (χ4n) is 2.54. The van der Waals surface area contributed by atoms with Crippen LogP contribution in [0.15, 0.2) is 34.2 Å². The standard InChI is InChI=1S/C16H20N4OS/c1-4-5-10-19-14(21)12-8-6-7-9-13(12)20-15(19)17-18-16(20)22-11(2)3/h6-9,11H,4-5,10H2,1-3H3. The lowest BCUT2D eigenvalue weighted by molar-refractivity contribution is 0.620. The maximum absolute atomic E-state index is 12.8. The molecule has 2 aromatic heterocycles. The summed E-state index contributed by atoms with van der Waals surface area (Å²) in [5, 5.41) is 10.6. The molecule has 22 heavy (non-hydrogen) atoms. The molecule has 5 nitrogen and oxygen atoms in total. The van der Waals surface area contributed by atoms with Crippen molar-refractivity contribution in [1.82, 2.24) is 19.2 Å². The first-order chi connectivity index (χ1) is 10.6. The largest absolute Gasteiger partial charge is 0.276 e. The molecule has 2 heterocycles. The van der Waals surface area contributed by atoms with E-state index in [1.807, 2.05) is 28.7 Å². The molecule has 0 unspecified atom stereocenters. The lowest BCUT2D eigenvalue weighted by atomic mass is 10.2. The molecule has 0 spiro atoms. The molecule has 0 amide bonds. The fraction of sp³-hybridized carbons (Fsp3) is 0.438. The molecule has 0 saturated carbocycles. The van der Waals surface area contributed by atoms with Crippen molar-refractivity contribution in [2.24, 2.45) is 0 Å². The van der Waals surface area contributed by atoms with Crippen molar-refractivity contribution in [2.45, 2.75) is 50.6 Å². The second-order valence-electron chi connectivity index (χ2n) is 5.61. The summed E-state index contributed by atoms with van der Waals surface area (Å²) in [6.45, 7) is 7.04. The molecule has 0 N–H and O–H groups in total. The highest BCUT2D eigenvalue weighted by molar-refractivity contribution is 7.99. The first-order valence-electron chi connectivity index (χ1n) is 7.66. The highest BCUT2D eigenvalue weighted by Crippen LogP contribution is 2.24. The van der Waals surface area contributed by atoms with Crippen LogP contribution < -0.4 is 5.56 Å². The normalized spacial score (nSPS) is 11.8. The Morgan fingerprint density at radius 2 is 2.00 bits per heavy atom. The van der Waals surface area contributed by atoms with Crippen molar-refractivity contribution in [3.05, 3.63) is 34.6 Å². The van der Waals surface area contributed by atoms with Gasteiger partial charge in [0.25, 0.3) is 5.56 Å². The summed E-state index contributed by atoms with van der Waals surface area (Å²) in [5.74, 6) is 0.639. The Labute approximate surface area is 133 Å². The van der Waals surface area contributed by atoms with Gasteiger partial charge in [0.15, 0.2) is 5.16 Å². The monoisotopic (exact) mass is 316 g/mol. The third-order valence-electron chi connectivity index (χ3n) is 3.55. The number of aromatic nitrogens is 4. The van der Waals surface area contributed by atoms with Crippen LogP contribution >= 0.6 is 11.8 Å². The van der Waals surface area contributed by atoms with Crippen LogP contribution in [0.3, 0.4) is 0 Å². The van der Waals surface area contributed by atoms with Gasteiger partial charge in [-0.1, -0.05) is 51.1 Å². The predicted octanol–water partition coefficient (Wildman–Crippen LogP) is 3.34. The van der Waals surface area contributed by atoms with Crippen LogP contribution in [-0.4, -0.2) is 24.4 Å². The topological polar surface area (TPSA) is 52.2 Å². The number of aryl methyl sites for hydroxylation is 1. The van der Waals surface area contributed by atoms with Gasteiger partial charge in [0.1, 0.15) is 0 Å².